The van der Waals surface area contributed by atoms with Crippen molar-refractivity contribution in [2.45, 2.75) is 0 Å². The van der Waals surface area contributed by atoms with Gasteiger partial charge in [-0.05, 0) is 30.3 Å². The van der Waals surface area contributed by atoms with E-state index in [9.17, 15) is 26.8 Å². The molecule has 0 saturated carbocycles. The Bertz CT molecular complexity index is 927. The van der Waals surface area contributed by atoms with Crippen LogP contribution in [0.5, 0.6) is 0 Å². The topological polar surface area (TPSA) is 102 Å². The Morgan fingerprint density at radius 2 is 1.69 bits per heavy atom. The van der Waals surface area contributed by atoms with E-state index in [0.29, 0.717) is 6.07 Å². The number of anilines is 2. The van der Waals surface area contributed by atoms with Crippen LogP contribution in [-0.4, -0.2) is 33.2 Å². The molecule has 0 aliphatic rings. The fraction of sp³-hybridized carbons (Fsp3) is 0.125. The average Bonchev–Trinajstić information content (AvgIpc) is 2.50. The van der Waals surface area contributed by atoms with E-state index < -0.39 is 40.1 Å². The Hall–Kier alpha value is -3.01. The molecule has 0 aliphatic carbocycles. The molecule has 0 fully saturated rings. The molecule has 0 aliphatic heterocycles. The fourth-order valence-corrected chi connectivity index (χ4v) is 2.52. The molecular weight excluding hydrogens is 370 g/mol. The van der Waals surface area contributed by atoms with Crippen molar-refractivity contribution in [3.05, 3.63) is 59.7 Å². The van der Waals surface area contributed by atoms with Crippen LogP contribution in [-0.2, 0) is 19.6 Å². The molecule has 0 radical (unpaired) electrons. The van der Waals surface area contributed by atoms with Gasteiger partial charge in [-0.1, -0.05) is 6.07 Å². The molecule has 0 bridgehead atoms. The number of halogens is 2. The molecule has 2 aromatic carbocycles. The SMILES string of the molecule is CS(=O)(=O)Nc1cccc(C(=O)OCC(=O)Nc2cc(F)cc(F)c2)c1. The minimum Gasteiger partial charge on any atom is -0.452 e. The first-order chi connectivity index (χ1) is 12.1. The zero-order valence-electron chi connectivity index (χ0n) is 13.5. The Balaban J connectivity index is 1.95. The molecule has 0 unspecified atom stereocenters. The lowest BCUT2D eigenvalue weighted by Gasteiger charge is -2.08. The molecule has 138 valence electrons. The Morgan fingerprint density at radius 1 is 1.04 bits per heavy atom. The van der Waals surface area contributed by atoms with E-state index in [4.69, 9.17) is 4.74 Å². The van der Waals surface area contributed by atoms with Crippen molar-refractivity contribution in [1.29, 1.82) is 0 Å². The van der Waals surface area contributed by atoms with Gasteiger partial charge in [0.15, 0.2) is 6.61 Å². The van der Waals surface area contributed by atoms with Gasteiger partial charge in [0.25, 0.3) is 5.91 Å². The van der Waals surface area contributed by atoms with E-state index >= 15 is 0 Å². The third-order valence-electron chi connectivity index (χ3n) is 2.88. The number of carbonyl (C=O) groups excluding carboxylic acids is 2. The van der Waals surface area contributed by atoms with Crippen LogP contribution in [0.1, 0.15) is 10.4 Å². The number of hydrogen-bond acceptors (Lipinski definition) is 5. The van der Waals surface area contributed by atoms with Crippen LogP contribution >= 0.6 is 0 Å². The largest absolute Gasteiger partial charge is 0.452 e. The van der Waals surface area contributed by atoms with Crippen LogP contribution < -0.4 is 10.0 Å². The van der Waals surface area contributed by atoms with Gasteiger partial charge in [0.1, 0.15) is 11.6 Å². The smallest absolute Gasteiger partial charge is 0.338 e. The summed E-state index contributed by atoms with van der Waals surface area (Å²) in [6.07, 6.45) is 0.956. The van der Waals surface area contributed by atoms with E-state index in [2.05, 4.69) is 10.0 Å². The molecule has 0 spiro atoms. The van der Waals surface area contributed by atoms with Crippen molar-refractivity contribution in [3.63, 3.8) is 0 Å². The number of amides is 1. The van der Waals surface area contributed by atoms with Gasteiger partial charge in [-0.3, -0.25) is 9.52 Å². The van der Waals surface area contributed by atoms with E-state index in [-0.39, 0.29) is 16.9 Å². The maximum atomic E-state index is 13.0. The first kappa shape index (κ1) is 19.3. The lowest BCUT2D eigenvalue weighted by Crippen LogP contribution is -2.21. The standard InChI is InChI=1S/C16H14F2N2O5S/c1-26(23,24)20-13-4-2-3-10(5-13)16(22)25-9-15(21)19-14-7-11(17)6-12(18)8-14/h2-8,20H,9H2,1H3,(H,19,21). The molecule has 0 aromatic heterocycles. The zero-order chi connectivity index (χ0) is 19.3. The van der Waals surface area contributed by atoms with E-state index in [1.807, 2.05) is 0 Å². The summed E-state index contributed by atoms with van der Waals surface area (Å²) in [7, 11) is -3.51. The maximum Gasteiger partial charge on any atom is 0.338 e. The van der Waals surface area contributed by atoms with Crippen LogP contribution in [0.4, 0.5) is 20.2 Å². The number of rotatable bonds is 6. The Morgan fingerprint density at radius 3 is 2.31 bits per heavy atom. The van der Waals surface area contributed by atoms with Crippen LogP contribution in [0.2, 0.25) is 0 Å². The van der Waals surface area contributed by atoms with Crippen LogP contribution in [0.3, 0.4) is 0 Å². The van der Waals surface area contributed by atoms with Gasteiger partial charge in [0.05, 0.1) is 11.8 Å². The first-order valence-corrected chi connectivity index (χ1v) is 9.02. The molecule has 1 amide bonds. The maximum absolute atomic E-state index is 13.0. The quantitative estimate of drug-likeness (QED) is 0.743. The van der Waals surface area contributed by atoms with Crippen LogP contribution in [0.25, 0.3) is 0 Å². The molecular formula is C16H14F2N2O5S. The van der Waals surface area contributed by atoms with Crippen molar-refractivity contribution >= 4 is 33.3 Å². The van der Waals surface area contributed by atoms with Crippen molar-refractivity contribution in [1.82, 2.24) is 0 Å². The highest BCUT2D eigenvalue weighted by atomic mass is 32.2. The normalized spacial score (nSPS) is 10.9. The third kappa shape index (κ3) is 6.13. The van der Waals surface area contributed by atoms with E-state index in [1.54, 1.807) is 0 Å². The zero-order valence-corrected chi connectivity index (χ0v) is 14.3. The van der Waals surface area contributed by atoms with Gasteiger partial charge in [0, 0.05) is 17.4 Å². The van der Waals surface area contributed by atoms with Crippen molar-refractivity contribution < 1.29 is 31.5 Å². The molecule has 0 saturated heterocycles. The summed E-state index contributed by atoms with van der Waals surface area (Å²) in [6, 6.07) is 7.93. The summed E-state index contributed by atoms with van der Waals surface area (Å²) >= 11 is 0. The second kappa shape index (κ2) is 7.91. The number of nitrogens with one attached hydrogen (secondary N) is 2. The Labute approximate surface area is 148 Å². The molecule has 10 heteroatoms. The summed E-state index contributed by atoms with van der Waals surface area (Å²) in [6.45, 7) is -0.694. The number of esters is 1. The number of benzene rings is 2. The van der Waals surface area contributed by atoms with E-state index in [0.717, 1.165) is 18.4 Å². The highest BCUT2D eigenvalue weighted by molar-refractivity contribution is 7.92. The average molecular weight is 384 g/mol. The molecule has 0 atom stereocenters. The van der Waals surface area contributed by atoms with Gasteiger partial charge >= 0.3 is 5.97 Å². The Kier molecular flexibility index (Phi) is 5.88. The number of hydrogen-bond donors (Lipinski definition) is 2. The highest BCUT2D eigenvalue weighted by Crippen LogP contribution is 2.14. The number of ether oxygens (including phenoxy) is 1. The summed E-state index contributed by atoms with van der Waals surface area (Å²) < 4.78 is 55.4. The molecule has 2 rings (SSSR count). The third-order valence-corrected chi connectivity index (χ3v) is 3.49. The molecule has 26 heavy (non-hydrogen) atoms. The first-order valence-electron chi connectivity index (χ1n) is 7.13. The lowest BCUT2D eigenvalue weighted by atomic mass is 10.2. The fourth-order valence-electron chi connectivity index (χ4n) is 1.96. The highest BCUT2D eigenvalue weighted by Gasteiger charge is 2.12. The minimum atomic E-state index is -3.51. The van der Waals surface area contributed by atoms with Crippen molar-refractivity contribution in [2.75, 3.05) is 22.9 Å². The van der Waals surface area contributed by atoms with Gasteiger partial charge < -0.3 is 10.1 Å². The number of carbonyl (C=O) groups is 2. The summed E-state index contributed by atoms with van der Waals surface area (Å²) in [5.74, 6) is -3.41. The van der Waals surface area contributed by atoms with Gasteiger partial charge in [-0.15, -0.1) is 0 Å². The molecule has 2 aromatic rings. The second-order valence-electron chi connectivity index (χ2n) is 5.24. The number of sulfonamides is 1. The molecule has 2 N–H and O–H groups in total. The van der Waals surface area contributed by atoms with Crippen LogP contribution in [0.15, 0.2) is 42.5 Å². The van der Waals surface area contributed by atoms with Gasteiger partial charge in [-0.2, -0.15) is 0 Å². The minimum absolute atomic E-state index is 0.0169. The van der Waals surface area contributed by atoms with Crippen molar-refractivity contribution in [3.8, 4) is 0 Å². The van der Waals surface area contributed by atoms with Crippen LogP contribution in [0, 0.1) is 11.6 Å². The summed E-state index contributed by atoms with van der Waals surface area (Å²) in [5.41, 5.74) is 0.0489. The summed E-state index contributed by atoms with van der Waals surface area (Å²) in [4.78, 5) is 23.6. The van der Waals surface area contributed by atoms with E-state index in [1.165, 1.54) is 24.3 Å². The monoisotopic (exact) mass is 384 g/mol. The summed E-state index contributed by atoms with van der Waals surface area (Å²) in [5, 5.41) is 2.19. The van der Waals surface area contributed by atoms with Crippen molar-refractivity contribution in [2.24, 2.45) is 0 Å². The predicted octanol–water partition coefficient (Wildman–Crippen LogP) is 2.13. The lowest BCUT2D eigenvalue weighted by molar-refractivity contribution is -0.119. The van der Waals surface area contributed by atoms with Gasteiger partial charge in [0.2, 0.25) is 10.0 Å². The molecule has 0 heterocycles. The predicted molar refractivity (Wildman–Crippen MR) is 90.2 cm³/mol. The second-order valence-corrected chi connectivity index (χ2v) is 6.99. The molecule has 7 nitrogen and oxygen atoms in total. The van der Waals surface area contributed by atoms with Gasteiger partial charge in [-0.25, -0.2) is 22.0 Å².